The molecule has 32 heavy (non-hydrogen) atoms. The number of benzene rings is 4. The monoisotopic (exact) mass is 422 g/mol. The van der Waals surface area contributed by atoms with Crippen LogP contribution in [-0.2, 0) is 9.59 Å². The number of carbonyl (C=O) groups excluding carboxylic acids is 1. The fourth-order valence-electron chi connectivity index (χ4n) is 4.94. The minimum absolute atomic E-state index is 0.402. The van der Waals surface area contributed by atoms with E-state index in [1.807, 2.05) is 97.1 Å². The van der Waals surface area contributed by atoms with Gasteiger partial charge in [0.15, 0.2) is 0 Å². The van der Waals surface area contributed by atoms with Gasteiger partial charge in [0.05, 0.1) is 11.8 Å². The molecule has 0 spiro atoms. The maximum atomic E-state index is 13.5. The number of ether oxygens (including phenoxy) is 1. The molecule has 1 aliphatic carbocycles. The quantitative estimate of drug-likeness (QED) is 0.334. The summed E-state index contributed by atoms with van der Waals surface area (Å²) in [6.45, 7) is 0. The van der Waals surface area contributed by atoms with Crippen molar-refractivity contribution in [3.05, 3.63) is 114 Å². The van der Waals surface area contributed by atoms with Crippen LogP contribution in [0.3, 0.4) is 0 Å². The van der Waals surface area contributed by atoms with E-state index in [9.17, 15) is 14.7 Å². The van der Waals surface area contributed by atoms with E-state index < -0.39 is 35.6 Å². The van der Waals surface area contributed by atoms with Crippen LogP contribution < -0.4 is 4.74 Å². The zero-order chi connectivity index (χ0) is 22.1. The standard InChI is InChI=1S/C28H22O4/c29-27(30)25-23(19-10-3-1-4-11-19)26(24(25)20-12-5-2-6-13-20)28(31)32-22-16-15-18-9-7-8-14-21(18)17-22/h1-17,23-26H,(H,29,30)/t23-,24-,25?,26?/m0/s1. The lowest BCUT2D eigenvalue weighted by atomic mass is 9.52. The SMILES string of the molecule is O=C(O)C1[C@H](c2ccccc2)C(C(=O)Oc2ccc3ccccc3c2)[C@H]1c1ccccc1. The van der Waals surface area contributed by atoms with Crippen LogP contribution in [0.1, 0.15) is 23.0 Å². The highest BCUT2D eigenvalue weighted by atomic mass is 16.5. The molecule has 1 N–H and O–H groups in total. The van der Waals surface area contributed by atoms with Gasteiger partial charge in [-0.3, -0.25) is 9.59 Å². The first-order valence-electron chi connectivity index (χ1n) is 10.7. The van der Waals surface area contributed by atoms with Crippen LogP contribution in [0.15, 0.2) is 103 Å². The molecule has 0 heterocycles. The van der Waals surface area contributed by atoms with Crippen LogP contribution in [0, 0.1) is 11.8 Å². The Balaban J connectivity index is 1.52. The van der Waals surface area contributed by atoms with Crippen LogP contribution in [0.2, 0.25) is 0 Å². The van der Waals surface area contributed by atoms with Crippen molar-refractivity contribution in [3.8, 4) is 5.75 Å². The lowest BCUT2D eigenvalue weighted by molar-refractivity contribution is -0.158. The molecule has 1 aliphatic rings. The third kappa shape index (κ3) is 3.54. The summed E-state index contributed by atoms with van der Waals surface area (Å²) in [6, 6.07) is 32.2. The Labute approximate surface area is 186 Å². The number of esters is 1. The lowest BCUT2D eigenvalue weighted by Gasteiger charge is -2.48. The van der Waals surface area contributed by atoms with Gasteiger partial charge in [0, 0.05) is 11.8 Å². The molecule has 0 saturated heterocycles. The highest BCUT2D eigenvalue weighted by Gasteiger charge is 2.59. The molecule has 0 radical (unpaired) electrons. The van der Waals surface area contributed by atoms with Crippen LogP contribution in [0.25, 0.3) is 10.8 Å². The van der Waals surface area contributed by atoms with Crippen molar-refractivity contribution in [1.82, 2.24) is 0 Å². The molecule has 1 fully saturated rings. The van der Waals surface area contributed by atoms with Crippen molar-refractivity contribution in [3.63, 3.8) is 0 Å². The highest BCUT2D eigenvalue weighted by molar-refractivity contribution is 5.87. The molecule has 158 valence electrons. The van der Waals surface area contributed by atoms with Crippen LogP contribution in [0.4, 0.5) is 0 Å². The van der Waals surface area contributed by atoms with Gasteiger partial charge in [-0.25, -0.2) is 0 Å². The molecule has 4 heteroatoms. The molecule has 5 rings (SSSR count). The van der Waals surface area contributed by atoms with E-state index in [-0.39, 0.29) is 0 Å². The number of carbonyl (C=O) groups is 2. The molecular weight excluding hydrogens is 400 g/mol. The summed E-state index contributed by atoms with van der Waals surface area (Å²) in [4.78, 5) is 25.7. The number of fused-ring (bicyclic) bond motifs is 1. The van der Waals surface area contributed by atoms with Crippen LogP contribution in [-0.4, -0.2) is 17.0 Å². The number of carboxylic acid groups (broad SMARTS) is 1. The van der Waals surface area contributed by atoms with Gasteiger partial charge < -0.3 is 9.84 Å². The lowest BCUT2D eigenvalue weighted by Crippen LogP contribution is -2.52. The fourth-order valence-corrected chi connectivity index (χ4v) is 4.94. The second-order valence-electron chi connectivity index (χ2n) is 8.19. The van der Waals surface area contributed by atoms with Crippen molar-refractivity contribution < 1.29 is 19.4 Å². The van der Waals surface area contributed by atoms with Gasteiger partial charge in [0.25, 0.3) is 0 Å². The van der Waals surface area contributed by atoms with Crippen molar-refractivity contribution in [2.45, 2.75) is 11.8 Å². The summed E-state index contributed by atoms with van der Waals surface area (Å²) < 4.78 is 5.83. The van der Waals surface area contributed by atoms with E-state index >= 15 is 0 Å². The Bertz CT molecular complexity index is 1220. The van der Waals surface area contributed by atoms with E-state index in [0.717, 1.165) is 21.9 Å². The minimum Gasteiger partial charge on any atom is -0.481 e. The molecule has 4 aromatic carbocycles. The summed E-state index contributed by atoms with van der Waals surface area (Å²) in [7, 11) is 0. The molecule has 2 atom stereocenters. The summed E-state index contributed by atoms with van der Waals surface area (Å²) in [5, 5.41) is 12.1. The first kappa shape index (κ1) is 20.0. The second-order valence-corrected chi connectivity index (χ2v) is 8.19. The first-order valence-corrected chi connectivity index (χ1v) is 10.7. The van der Waals surface area contributed by atoms with E-state index in [1.54, 1.807) is 6.07 Å². The molecular formula is C28H22O4. The summed E-state index contributed by atoms with van der Waals surface area (Å²) in [5.74, 6) is -3.03. The average molecular weight is 422 g/mol. The molecule has 0 bridgehead atoms. The molecule has 0 aliphatic heterocycles. The van der Waals surface area contributed by atoms with E-state index in [0.29, 0.717) is 5.75 Å². The minimum atomic E-state index is -0.900. The molecule has 0 unspecified atom stereocenters. The zero-order valence-corrected chi connectivity index (χ0v) is 17.3. The molecule has 4 nitrogen and oxygen atoms in total. The smallest absolute Gasteiger partial charge is 0.315 e. The first-order chi connectivity index (χ1) is 15.6. The van der Waals surface area contributed by atoms with Crippen LogP contribution in [0.5, 0.6) is 5.75 Å². The maximum Gasteiger partial charge on any atom is 0.315 e. The summed E-state index contributed by atoms with van der Waals surface area (Å²) in [5.41, 5.74) is 1.68. The van der Waals surface area contributed by atoms with E-state index in [2.05, 4.69) is 0 Å². The van der Waals surface area contributed by atoms with Crippen molar-refractivity contribution in [1.29, 1.82) is 0 Å². The molecule has 4 aromatic rings. The zero-order valence-electron chi connectivity index (χ0n) is 17.3. The predicted octanol–water partition coefficient (Wildman–Crippen LogP) is 5.64. The molecule has 0 amide bonds. The average Bonchev–Trinajstić information content (AvgIpc) is 2.79. The van der Waals surface area contributed by atoms with Gasteiger partial charge in [-0.05, 0) is 34.0 Å². The van der Waals surface area contributed by atoms with Gasteiger partial charge in [-0.15, -0.1) is 0 Å². The Morgan fingerprint density at radius 3 is 1.72 bits per heavy atom. The second kappa shape index (κ2) is 8.31. The number of carboxylic acids is 1. The number of rotatable bonds is 5. The Morgan fingerprint density at radius 1 is 0.625 bits per heavy atom. The predicted molar refractivity (Wildman–Crippen MR) is 123 cm³/mol. The number of aliphatic carboxylic acids is 1. The Kier molecular flexibility index (Phi) is 5.20. The fraction of sp³-hybridized carbons (Fsp3) is 0.143. The van der Waals surface area contributed by atoms with Crippen molar-refractivity contribution in [2.75, 3.05) is 0 Å². The molecule has 1 saturated carbocycles. The van der Waals surface area contributed by atoms with E-state index in [1.165, 1.54) is 0 Å². The van der Waals surface area contributed by atoms with Gasteiger partial charge in [-0.2, -0.15) is 0 Å². The maximum absolute atomic E-state index is 13.5. The third-order valence-electron chi connectivity index (χ3n) is 6.41. The van der Waals surface area contributed by atoms with Crippen molar-refractivity contribution >= 4 is 22.7 Å². The largest absolute Gasteiger partial charge is 0.481 e. The summed E-state index contributed by atoms with van der Waals surface area (Å²) in [6.07, 6.45) is 0. The van der Waals surface area contributed by atoms with Gasteiger partial charge in [0.2, 0.25) is 0 Å². The molecule has 0 aromatic heterocycles. The number of hydrogen-bond acceptors (Lipinski definition) is 3. The summed E-state index contributed by atoms with van der Waals surface area (Å²) >= 11 is 0. The normalized spacial score (nSPS) is 22.1. The van der Waals surface area contributed by atoms with Crippen LogP contribution >= 0.6 is 0 Å². The topological polar surface area (TPSA) is 63.6 Å². The number of hydrogen-bond donors (Lipinski definition) is 1. The third-order valence-corrected chi connectivity index (χ3v) is 6.41. The highest BCUT2D eigenvalue weighted by Crippen LogP contribution is 2.58. The Hall–Kier alpha value is -3.92. The Morgan fingerprint density at radius 2 is 1.16 bits per heavy atom. The van der Waals surface area contributed by atoms with Gasteiger partial charge in [0.1, 0.15) is 5.75 Å². The van der Waals surface area contributed by atoms with Gasteiger partial charge >= 0.3 is 11.9 Å². The van der Waals surface area contributed by atoms with E-state index in [4.69, 9.17) is 4.74 Å². The van der Waals surface area contributed by atoms with Crippen molar-refractivity contribution in [2.24, 2.45) is 11.8 Å². The van der Waals surface area contributed by atoms with Gasteiger partial charge in [-0.1, -0.05) is 91.0 Å².